The molecule has 2 heteroatoms. The summed E-state index contributed by atoms with van der Waals surface area (Å²) in [4.78, 5) is 0. The summed E-state index contributed by atoms with van der Waals surface area (Å²) < 4.78 is 5.64. The van der Waals surface area contributed by atoms with Crippen molar-refractivity contribution in [3.05, 3.63) is 29.3 Å². The molecule has 0 bridgehead atoms. The summed E-state index contributed by atoms with van der Waals surface area (Å²) in [5.74, 6) is 0. The zero-order valence-corrected chi connectivity index (χ0v) is 8.87. The largest absolute Gasteiger partial charge is 0.450 e. The Kier molecular flexibility index (Phi) is 2.08. The number of aryl methyl sites for hydroxylation is 2. The third-order valence-corrected chi connectivity index (χ3v) is 2.77. The molecule has 1 aromatic heterocycles. The molecule has 68 valence electrons. The number of furan rings is 1. The number of fused-ring (bicyclic) bond motifs is 1. The average molecular weight is 192 g/mol. The van der Waals surface area contributed by atoms with E-state index in [1.165, 1.54) is 16.5 Å². The minimum Gasteiger partial charge on any atom is -0.450 e. The van der Waals surface area contributed by atoms with Crippen molar-refractivity contribution in [1.82, 2.24) is 0 Å². The van der Waals surface area contributed by atoms with Gasteiger partial charge in [-0.3, -0.25) is 0 Å². The second kappa shape index (κ2) is 3.11. The van der Waals surface area contributed by atoms with E-state index < -0.39 is 0 Å². The lowest BCUT2D eigenvalue weighted by molar-refractivity contribution is 0.515. The first-order valence-electron chi connectivity index (χ1n) is 4.25. The summed E-state index contributed by atoms with van der Waals surface area (Å²) in [7, 11) is 0. The maximum atomic E-state index is 5.64. The Morgan fingerprint density at radius 2 is 1.92 bits per heavy atom. The van der Waals surface area contributed by atoms with E-state index in [-0.39, 0.29) is 0 Å². The molecule has 1 heterocycles. The van der Waals surface area contributed by atoms with Crippen molar-refractivity contribution < 1.29 is 4.42 Å². The molecule has 0 spiro atoms. The van der Waals surface area contributed by atoms with Crippen molar-refractivity contribution in [3.8, 4) is 0 Å². The molecule has 0 saturated carbocycles. The van der Waals surface area contributed by atoms with E-state index in [0.717, 1.165) is 10.7 Å². The maximum Gasteiger partial charge on any atom is 0.161 e. The van der Waals surface area contributed by atoms with E-state index in [9.17, 15) is 0 Å². The lowest BCUT2D eigenvalue weighted by Gasteiger charge is -1.96. The fraction of sp³-hybridized carbons (Fsp3) is 0.273. The molecular weight excluding hydrogens is 180 g/mol. The fourth-order valence-electron chi connectivity index (χ4n) is 1.57. The third-order valence-electron chi connectivity index (χ3n) is 2.17. The van der Waals surface area contributed by atoms with Crippen LogP contribution < -0.4 is 0 Å². The van der Waals surface area contributed by atoms with Gasteiger partial charge >= 0.3 is 0 Å². The van der Waals surface area contributed by atoms with Crippen molar-refractivity contribution in [1.29, 1.82) is 0 Å². The van der Waals surface area contributed by atoms with E-state index in [2.05, 4.69) is 32.0 Å². The van der Waals surface area contributed by atoms with Crippen LogP contribution in [0.5, 0.6) is 0 Å². The van der Waals surface area contributed by atoms with E-state index >= 15 is 0 Å². The second-order valence-corrected chi connectivity index (χ2v) is 4.07. The first-order valence-corrected chi connectivity index (χ1v) is 5.48. The van der Waals surface area contributed by atoms with E-state index in [4.69, 9.17) is 4.42 Å². The highest BCUT2D eigenvalue weighted by Crippen LogP contribution is 2.28. The molecule has 1 aromatic carbocycles. The molecule has 1 nitrogen and oxygen atoms in total. The standard InChI is InChI=1S/C11H12OS/c1-7-4-8(2)9-6-11(13-3)12-10(9)5-7/h4-6H,1-3H3. The van der Waals surface area contributed by atoms with Crippen LogP contribution in [0.4, 0.5) is 0 Å². The maximum absolute atomic E-state index is 5.64. The van der Waals surface area contributed by atoms with Crippen molar-refractivity contribution in [2.24, 2.45) is 0 Å². The number of rotatable bonds is 1. The average Bonchev–Trinajstić information content (AvgIpc) is 2.47. The normalized spacial score (nSPS) is 11.0. The van der Waals surface area contributed by atoms with Crippen LogP contribution in [0, 0.1) is 13.8 Å². The van der Waals surface area contributed by atoms with Crippen molar-refractivity contribution in [2.45, 2.75) is 18.9 Å². The molecule has 0 radical (unpaired) electrons. The van der Waals surface area contributed by atoms with Crippen molar-refractivity contribution in [2.75, 3.05) is 6.26 Å². The van der Waals surface area contributed by atoms with Gasteiger partial charge < -0.3 is 4.42 Å². The van der Waals surface area contributed by atoms with Gasteiger partial charge in [-0.2, -0.15) is 0 Å². The van der Waals surface area contributed by atoms with Crippen LogP contribution in [0.15, 0.2) is 27.7 Å². The minimum absolute atomic E-state index is 0.990. The Bertz CT molecular complexity index is 443. The van der Waals surface area contributed by atoms with Crippen molar-refractivity contribution >= 4 is 22.7 Å². The predicted molar refractivity (Wildman–Crippen MR) is 57.5 cm³/mol. The van der Waals surface area contributed by atoms with Gasteiger partial charge in [-0.1, -0.05) is 17.8 Å². The molecule has 0 atom stereocenters. The first kappa shape index (κ1) is 8.70. The van der Waals surface area contributed by atoms with Gasteiger partial charge in [0, 0.05) is 5.39 Å². The van der Waals surface area contributed by atoms with Gasteiger partial charge in [-0.05, 0) is 43.4 Å². The molecule has 13 heavy (non-hydrogen) atoms. The van der Waals surface area contributed by atoms with Crippen LogP contribution in [0.3, 0.4) is 0 Å². The molecule has 0 fully saturated rings. The molecule has 0 aliphatic rings. The number of thioether (sulfide) groups is 1. The summed E-state index contributed by atoms with van der Waals surface area (Å²) in [6.45, 7) is 4.21. The SMILES string of the molecule is CSc1cc2c(C)cc(C)cc2o1. The Labute approximate surface area is 82.1 Å². The zero-order valence-electron chi connectivity index (χ0n) is 8.05. The molecule has 2 aromatic rings. The highest BCUT2D eigenvalue weighted by Gasteiger charge is 2.05. The Hall–Kier alpha value is -0.890. The Morgan fingerprint density at radius 1 is 1.15 bits per heavy atom. The third kappa shape index (κ3) is 1.46. The van der Waals surface area contributed by atoms with Crippen molar-refractivity contribution in [3.63, 3.8) is 0 Å². The number of hydrogen-bond acceptors (Lipinski definition) is 2. The molecule has 0 aliphatic heterocycles. The van der Waals surface area contributed by atoms with Crippen LogP contribution in [-0.4, -0.2) is 6.26 Å². The van der Waals surface area contributed by atoms with Gasteiger partial charge in [0.1, 0.15) is 5.58 Å². The summed E-state index contributed by atoms with van der Waals surface area (Å²) in [5.41, 5.74) is 3.55. The van der Waals surface area contributed by atoms with Gasteiger partial charge in [-0.15, -0.1) is 0 Å². The molecular formula is C11H12OS. The number of hydrogen-bond donors (Lipinski definition) is 0. The summed E-state index contributed by atoms with van der Waals surface area (Å²) >= 11 is 1.64. The van der Waals surface area contributed by atoms with E-state index in [0.29, 0.717) is 0 Å². The lowest BCUT2D eigenvalue weighted by Crippen LogP contribution is -1.76. The molecule has 0 amide bonds. The molecule has 0 N–H and O–H groups in total. The van der Waals surface area contributed by atoms with Crippen LogP contribution in [0.25, 0.3) is 11.0 Å². The van der Waals surface area contributed by atoms with Gasteiger partial charge in [0.15, 0.2) is 5.09 Å². The monoisotopic (exact) mass is 192 g/mol. The summed E-state index contributed by atoms with van der Waals surface area (Å²) in [6, 6.07) is 6.37. The van der Waals surface area contributed by atoms with Crippen LogP contribution in [0.1, 0.15) is 11.1 Å². The Morgan fingerprint density at radius 3 is 2.62 bits per heavy atom. The van der Waals surface area contributed by atoms with Crippen LogP contribution in [0.2, 0.25) is 0 Å². The van der Waals surface area contributed by atoms with Crippen LogP contribution >= 0.6 is 11.8 Å². The first-order chi connectivity index (χ1) is 6.20. The zero-order chi connectivity index (χ0) is 9.42. The lowest BCUT2D eigenvalue weighted by atomic mass is 10.1. The highest BCUT2D eigenvalue weighted by atomic mass is 32.2. The van der Waals surface area contributed by atoms with E-state index in [1.54, 1.807) is 11.8 Å². The second-order valence-electron chi connectivity index (χ2n) is 3.26. The van der Waals surface area contributed by atoms with E-state index in [1.807, 2.05) is 6.26 Å². The minimum atomic E-state index is 0.990. The topological polar surface area (TPSA) is 13.1 Å². The molecule has 0 aliphatic carbocycles. The smallest absolute Gasteiger partial charge is 0.161 e. The predicted octanol–water partition coefficient (Wildman–Crippen LogP) is 3.77. The highest BCUT2D eigenvalue weighted by molar-refractivity contribution is 7.98. The summed E-state index contributed by atoms with van der Waals surface area (Å²) in [6.07, 6.45) is 2.03. The fourth-order valence-corrected chi connectivity index (χ4v) is 1.97. The Balaban J connectivity index is 2.75. The van der Waals surface area contributed by atoms with Crippen LogP contribution in [-0.2, 0) is 0 Å². The molecule has 0 unspecified atom stereocenters. The van der Waals surface area contributed by atoms with Gasteiger partial charge in [-0.25, -0.2) is 0 Å². The van der Waals surface area contributed by atoms with Gasteiger partial charge in [0.25, 0.3) is 0 Å². The quantitative estimate of drug-likeness (QED) is 0.638. The van der Waals surface area contributed by atoms with Gasteiger partial charge in [0.2, 0.25) is 0 Å². The summed E-state index contributed by atoms with van der Waals surface area (Å²) in [5, 5.41) is 2.22. The van der Waals surface area contributed by atoms with Gasteiger partial charge in [0.05, 0.1) is 0 Å². The molecule has 2 rings (SSSR count). The molecule has 0 saturated heterocycles. The number of benzene rings is 1.